The molecule has 1 N–H and O–H groups in total. The van der Waals surface area contributed by atoms with Gasteiger partial charge < -0.3 is 5.11 Å². The average Bonchev–Trinajstić information content (AvgIpc) is 2.65. The minimum Gasteiger partial charge on any atom is -0.481 e. The second-order valence-electron chi connectivity index (χ2n) is 4.85. The summed E-state index contributed by atoms with van der Waals surface area (Å²) in [6, 6.07) is 6.01. The summed E-state index contributed by atoms with van der Waals surface area (Å²) in [5, 5.41) is 10.9. The fraction of sp³-hybridized carbons (Fsp3) is 0.357. The van der Waals surface area contributed by atoms with E-state index in [0.29, 0.717) is 5.92 Å². The molecule has 0 bridgehead atoms. The van der Waals surface area contributed by atoms with Crippen molar-refractivity contribution < 1.29 is 9.90 Å². The van der Waals surface area contributed by atoms with Gasteiger partial charge in [0.1, 0.15) is 0 Å². The van der Waals surface area contributed by atoms with Crippen LogP contribution in [0.1, 0.15) is 23.3 Å². The predicted molar refractivity (Wildman–Crippen MR) is 74.6 cm³/mol. The molecule has 18 heavy (non-hydrogen) atoms. The summed E-state index contributed by atoms with van der Waals surface area (Å²) < 4.78 is 1.26. The van der Waals surface area contributed by atoms with E-state index in [2.05, 4.69) is 6.07 Å². The second kappa shape index (κ2) is 4.56. The van der Waals surface area contributed by atoms with Crippen LogP contribution in [-0.4, -0.2) is 11.1 Å². The van der Waals surface area contributed by atoms with Crippen molar-refractivity contribution >= 4 is 39.0 Å². The molecule has 1 aliphatic rings. The van der Waals surface area contributed by atoms with Gasteiger partial charge in [-0.05, 0) is 54.3 Å². The van der Waals surface area contributed by atoms with E-state index in [1.54, 1.807) is 11.3 Å². The first kappa shape index (κ1) is 12.0. The van der Waals surface area contributed by atoms with Crippen LogP contribution in [0.5, 0.6) is 0 Å². The SMILES string of the molecule is O=C(O)CC1CCc2c(sc3ccc(Cl)cc23)C1. The lowest BCUT2D eigenvalue weighted by molar-refractivity contribution is -0.138. The molecule has 0 saturated carbocycles. The highest BCUT2D eigenvalue weighted by Crippen LogP contribution is 2.39. The fourth-order valence-corrected chi connectivity index (χ4v) is 4.26. The highest BCUT2D eigenvalue weighted by Gasteiger charge is 2.24. The first-order valence-electron chi connectivity index (χ1n) is 6.05. The second-order valence-corrected chi connectivity index (χ2v) is 6.42. The number of aryl methyl sites for hydroxylation is 1. The van der Waals surface area contributed by atoms with E-state index in [1.165, 1.54) is 20.5 Å². The van der Waals surface area contributed by atoms with Gasteiger partial charge in [0, 0.05) is 21.0 Å². The van der Waals surface area contributed by atoms with Crippen LogP contribution in [0.2, 0.25) is 5.02 Å². The van der Waals surface area contributed by atoms with Gasteiger partial charge in [-0.1, -0.05) is 11.6 Å². The highest BCUT2D eigenvalue weighted by atomic mass is 35.5. The van der Waals surface area contributed by atoms with Crippen molar-refractivity contribution in [3.63, 3.8) is 0 Å². The Morgan fingerprint density at radius 3 is 3.11 bits per heavy atom. The number of hydrogen-bond donors (Lipinski definition) is 1. The van der Waals surface area contributed by atoms with Crippen molar-refractivity contribution in [2.75, 3.05) is 0 Å². The molecule has 0 saturated heterocycles. The minimum absolute atomic E-state index is 0.286. The Kier molecular flexibility index (Phi) is 3.04. The van der Waals surface area contributed by atoms with Crippen LogP contribution < -0.4 is 0 Å². The summed E-state index contributed by atoms with van der Waals surface area (Å²) in [6.07, 6.45) is 3.14. The van der Waals surface area contributed by atoms with Gasteiger partial charge in [0.25, 0.3) is 0 Å². The monoisotopic (exact) mass is 280 g/mol. The third kappa shape index (κ3) is 2.13. The molecule has 1 aromatic carbocycles. The van der Waals surface area contributed by atoms with Crippen molar-refractivity contribution in [3.8, 4) is 0 Å². The van der Waals surface area contributed by atoms with Crippen LogP contribution >= 0.6 is 22.9 Å². The maximum Gasteiger partial charge on any atom is 0.303 e. The molecule has 0 spiro atoms. The van der Waals surface area contributed by atoms with Gasteiger partial charge in [-0.2, -0.15) is 0 Å². The number of halogens is 1. The molecule has 94 valence electrons. The van der Waals surface area contributed by atoms with E-state index in [0.717, 1.165) is 24.3 Å². The van der Waals surface area contributed by atoms with E-state index >= 15 is 0 Å². The van der Waals surface area contributed by atoms with Gasteiger partial charge in [0.15, 0.2) is 0 Å². The fourth-order valence-electron chi connectivity index (χ4n) is 2.74. The van der Waals surface area contributed by atoms with E-state index in [1.807, 2.05) is 12.1 Å². The molecule has 1 atom stereocenters. The number of hydrogen-bond acceptors (Lipinski definition) is 2. The lowest BCUT2D eigenvalue weighted by Gasteiger charge is -2.20. The molecule has 0 fully saturated rings. The lowest BCUT2D eigenvalue weighted by Crippen LogP contribution is -2.16. The Bertz CT molecular complexity index is 618. The van der Waals surface area contributed by atoms with Crippen LogP contribution in [0.3, 0.4) is 0 Å². The van der Waals surface area contributed by atoms with Gasteiger partial charge in [-0.25, -0.2) is 0 Å². The topological polar surface area (TPSA) is 37.3 Å². The van der Waals surface area contributed by atoms with E-state index in [9.17, 15) is 4.79 Å². The third-order valence-corrected chi connectivity index (χ3v) is 5.05. The maximum absolute atomic E-state index is 10.8. The summed E-state index contributed by atoms with van der Waals surface area (Å²) in [5.41, 5.74) is 1.39. The minimum atomic E-state index is -0.687. The summed E-state index contributed by atoms with van der Waals surface area (Å²) in [5.74, 6) is -0.397. The van der Waals surface area contributed by atoms with E-state index in [4.69, 9.17) is 16.7 Å². The molecular formula is C14H13ClO2S. The zero-order chi connectivity index (χ0) is 12.7. The maximum atomic E-state index is 10.8. The van der Waals surface area contributed by atoms with Gasteiger partial charge in [0.05, 0.1) is 0 Å². The summed E-state index contributed by atoms with van der Waals surface area (Å²) in [6.45, 7) is 0. The molecule has 0 aliphatic heterocycles. The Morgan fingerprint density at radius 1 is 1.50 bits per heavy atom. The van der Waals surface area contributed by atoms with E-state index < -0.39 is 5.97 Å². The van der Waals surface area contributed by atoms with Crippen molar-refractivity contribution in [1.29, 1.82) is 0 Å². The number of aliphatic carboxylic acids is 1. The number of fused-ring (bicyclic) bond motifs is 3. The third-order valence-electron chi connectivity index (χ3n) is 3.58. The number of benzene rings is 1. The normalized spacial score (nSPS) is 18.8. The van der Waals surface area contributed by atoms with Gasteiger partial charge >= 0.3 is 5.97 Å². The molecule has 0 amide bonds. The van der Waals surface area contributed by atoms with Crippen LogP contribution in [0.15, 0.2) is 18.2 Å². The van der Waals surface area contributed by atoms with Crippen LogP contribution in [0, 0.1) is 5.92 Å². The Balaban J connectivity index is 1.97. The largest absolute Gasteiger partial charge is 0.481 e. The summed E-state index contributed by atoms with van der Waals surface area (Å²) >= 11 is 7.83. The zero-order valence-corrected chi connectivity index (χ0v) is 11.4. The molecule has 3 rings (SSSR count). The molecule has 1 heterocycles. The van der Waals surface area contributed by atoms with Gasteiger partial charge in [-0.3, -0.25) is 4.79 Å². The zero-order valence-electron chi connectivity index (χ0n) is 9.78. The first-order chi connectivity index (χ1) is 8.63. The molecule has 4 heteroatoms. The first-order valence-corrected chi connectivity index (χ1v) is 7.24. The van der Waals surface area contributed by atoms with Crippen molar-refractivity contribution in [2.45, 2.75) is 25.7 Å². The van der Waals surface area contributed by atoms with Gasteiger partial charge in [0.2, 0.25) is 0 Å². The van der Waals surface area contributed by atoms with E-state index in [-0.39, 0.29) is 6.42 Å². The molecule has 0 radical (unpaired) electrons. The summed E-state index contributed by atoms with van der Waals surface area (Å²) in [4.78, 5) is 12.1. The molecule has 1 unspecified atom stereocenters. The molecule has 2 aromatic rings. The van der Waals surface area contributed by atoms with Crippen LogP contribution in [-0.2, 0) is 17.6 Å². The van der Waals surface area contributed by atoms with Crippen LogP contribution in [0.25, 0.3) is 10.1 Å². The Morgan fingerprint density at radius 2 is 2.33 bits per heavy atom. The van der Waals surface area contributed by atoms with Crippen molar-refractivity contribution in [1.82, 2.24) is 0 Å². The Hall–Kier alpha value is -1.06. The number of thiophene rings is 1. The highest BCUT2D eigenvalue weighted by molar-refractivity contribution is 7.19. The standard InChI is InChI=1S/C14H13ClO2S/c15-9-2-4-12-11(7-9)10-3-1-8(6-14(16)17)5-13(10)18-12/h2,4,7-8H,1,3,5-6H2,(H,16,17). The number of carboxylic acids is 1. The van der Waals surface area contributed by atoms with Gasteiger partial charge in [-0.15, -0.1) is 11.3 Å². The smallest absolute Gasteiger partial charge is 0.303 e. The molecule has 2 nitrogen and oxygen atoms in total. The average molecular weight is 281 g/mol. The van der Waals surface area contributed by atoms with Crippen molar-refractivity contribution in [2.24, 2.45) is 5.92 Å². The molecular weight excluding hydrogens is 268 g/mol. The van der Waals surface area contributed by atoms with Crippen LogP contribution in [0.4, 0.5) is 0 Å². The lowest BCUT2D eigenvalue weighted by atomic mass is 9.86. The molecule has 1 aromatic heterocycles. The predicted octanol–water partition coefficient (Wildman–Crippen LogP) is 4.13. The van der Waals surface area contributed by atoms with Crippen molar-refractivity contribution in [3.05, 3.63) is 33.7 Å². The number of rotatable bonds is 2. The number of carbonyl (C=O) groups is 1. The molecule has 1 aliphatic carbocycles. The summed E-state index contributed by atoms with van der Waals surface area (Å²) in [7, 11) is 0. The number of carboxylic acid groups (broad SMARTS) is 1. The Labute approximate surface area is 114 Å². The quantitative estimate of drug-likeness (QED) is 0.898.